The van der Waals surface area contributed by atoms with Crippen molar-refractivity contribution in [2.75, 3.05) is 0 Å². The number of nitrogens with one attached hydrogen (secondary N) is 2. The van der Waals surface area contributed by atoms with E-state index in [-0.39, 0.29) is 12.3 Å². The predicted molar refractivity (Wildman–Crippen MR) is 47.6 cm³/mol. The monoisotopic (exact) mass is 199 g/mol. The molecular formula is C8H10FN3O2. The molecular weight excluding hydrogens is 189 g/mol. The number of hydrazine groups is 1. The minimum Gasteiger partial charge on any atom is -0.508 e. The van der Waals surface area contributed by atoms with Gasteiger partial charge < -0.3 is 10.4 Å². The Kier molecular flexibility index (Phi) is 3.24. The van der Waals surface area contributed by atoms with Gasteiger partial charge in [-0.2, -0.15) is 0 Å². The molecule has 0 aromatic heterocycles. The summed E-state index contributed by atoms with van der Waals surface area (Å²) < 4.78 is 12.7. The number of amides is 2. The molecule has 1 aromatic rings. The highest BCUT2D eigenvalue weighted by molar-refractivity contribution is 5.73. The van der Waals surface area contributed by atoms with Gasteiger partial charge in [0, 0.05) is 12.6 Å². The first kappa shape index (κ1) is 10.3. The van der Waals surface area contributed by atoms with Gasteiger partial charge in [-0.05, 0) is 17.7 Å². The van der Waals surface area contributed by atoms with Crippen LogP contribution in [-0.2, 0) is 6.54 Å². The van der Waals surface area contributed by atoms with E-state index in [9.17, 15) is 9.18 Å². The molecule has 1 rings (SSSR count). The molecule has 0 aliphatic rings. The third-order valence-electron chi connectivity index (χ3n) is 1.53. The van der Waals surface area contributed by atoms with Crippen molar-refractivity contribution < 1.29 is 14.3 Å². The maximum Gasteiger partial charge on any atom is 0.329 e. The van der Waals surface area contributed by atoms with E-state index in [1.54, 1.807) is 0 Å². The zero-order valence-electron chi connectivity index (χ0n) is 7.25. The molecule has 0 atom stereocenters. The minimum absolute atomic E-state index is 0.0916. The van der Waals surface area contributed by atoms with Gasteiger partial charge in [0.2, 0.25) is 0 Å². The summed E-state index contributed by atoms with van der Waals surface area (Å²) in [5, 5.41) is 11.4. The Balaban J connectivity index is 2.63. The molecule has 6 heteroatoms. The van der Waals surface area contributed by atoms with Gasteiger partial charge in [-0.15, -0.1) is 0 Å². The third kappa shape index (κ3) is 2.91. The van der Waals surface area contributed by atoms with E-state index in [0.717, 1.165) is 6.07 Å². The van der Waals surface area contributed by atoms with Gasteiger partial charge in [0.15, 0.2) is 0 Å². The smallest absolute Gasteiger partial charge is 0.329 e. The van der Waals surface area contributed by atoms with Crippen molar-refractivity contribution in [1.29, 1.82) is 0 Å². The summed E-state index contributed by atoms with van der Waals surface area (Å²) in [4.78, 5) is 10.7. The van der Waals surface area contributed by atoms with Crippen LogP contribution >= 0.6 is 0 Å². The van der Waals surface area contributed by atoms with Crippen LogP contribution in [-0.4, -0.2) is 11.1 Å². The van der Waals surface area contributed by atoms with Crippen LogP contribution in [0.15, 0.2) is 18.2 Å². The Morgan fingerprint density at radius 2 is 2.21 bits per heavy atom. The lowest BCUT2D eigenvalue weighted by atomic mass is 10.2. The van der Waals surface area contributed by atoms with Crippen molar-refractivity contribution in [3.05, 3.63) is 29.6 Å². The summed E-state index contributed by atoms with van der Waals surface area (Å²) in [6.07, 6.45) is 0. The number of nitrogens with two attached hydrogens (primary N) is 1. The first-order chi connectivity index (χ1) is 6.61. The molecule has 14 heavy (non-hydrogen) atoms. The molecule has 0 heterocycles. The van der Waals surface area contributed by atoms with E-state index in [2.05, 4.69) is 5.32 Å². The Bertz CT molecular complexity index is 323. The number of urea groups is 1. The van der Waals surface area contributed by atoms with Gasteiger partial charge in [0.05, 0.1) is 0 Å². The topological polar surface area (TPSA) is 87.4 Å². The molecule has 5 nitrogen and oxygen atoms in total. The molecule has 0 aliphatic heterocycles. The number of carbonyl (C=O) groups excluding carboxylic acids is 1. The van der Waals surface area contributed by atoms with Crippen LogP contribution < -0.4 is 16.6 Å². The first-order valence-electron chi connectivity index (χ1n) is 3.84. The van der Waals surface area contributed by atoms with E-state index in [1.807, 2.05) is 5.43 Å². The Morgan fingerprint density at radius 3 is 2.79 bits per heavy atom. The lowest BCUT2D eigenvalue weighted by molar-refractivity contribution is 0.240. The van der Waals surface area contributed by atoms with Crippen molar-refractivity contribution in [3.8, 4) is 5.75 Å². The van der Waals surface area contributed by atoms with Crippen LogP contribution in [0.5, 0.6) is 5.75 Å². The molecule has 1 aromatic carbocycles. The van der Waals surface area contributed by atoms with Crippen LogP contribution in [0.1, 0.15) is 5.56 Å². The Morgan fingerprint density at radius 1 is 1.50 bits per heavy atom. The van der Waals surface area contributed by atoms with Crippen molar-refractivity contribution in [1.82, 2.24) is 10.7 Å². The highest BCUT2D eigenvalue weighted by Gasteiger charge is 2.01. The molecule has 0 bridgehead atoms. The highest BCUT2D eigenvalue weighted by atomic mass is 19.1. The van der Waals surface area contributed by atoms with Gasteiger partial charge in [-0.25, -0.2) is 15.0 Å². The van der Waals surface area contributed by atoms with E-state index in [1.165, 1.54) is 12.1 Å². The number of phenolic OH excluding ortho intramolecular Hbond substituents is 1. The zero-order valence-corrected chi connectivity index (χ0v) is 7.25. The van der Waals surface area contributed by atoms with Crippen molar-refractivity contribution in [2.45, 2.75) is 6.54 Å². The average Bonchev–Trinajstić information content (AvgIpc) is 2.12. The number of halogens is 1. The number of carbonyl (C=O) groups is 1. The number of phenols is 1. The number of benzene rings is 1. The maximum absolute atomic E-state index is 12.7. The van der Waals surface area contributed by atoms with Crippen LogP contribution in [0.4, 0.5) is 9.18 Å². The quantitative estimate of drug-likeness (QED) is 0.312. The van der Waals surface area contributed by atoms with Crippen molar-refractivity contribution in [3.63, 3.8) is 0 Å². The molecule has 2 amide bonds. The summed E-state index contributed by atoms with van der Waals surface area (Å²) in [5.74, 6) is 4.07. The number of rotatable bonds is 2. The fourth-order valence-electron chi connectivity index (χ4n) is 0.969. The van der Waals surface area contributed by atoms with Gasteiger partial charge in [-0.3, -0.25) is 5.43 Å². The summed E-state index contributed by atoms with van der Waals surface area (Å²) >= 11 is 0. The Labute approximate surface area is 79.7 Å². The van der Waals surface area contributed by atoms with Crippen molar-refractivity contribution in [2.24, 2.45) is 5.84 Å². The molecule has 0 fully saturated rings. The minimum atomic E-state index is -0.575. The van der Waals surface area contributed by atoms with E-state index in [4.69, 9.17) is 10.9 Å². The van der Waals surface area contributed by atoms with Gasteiger partial charge in [0.25, 0.3) is 0 Å². The van der Waals surface area contributed by atoms with E-state index in [0.29, 0.717) is 5.56 Å². The number of hydrogen-bond acceptors (Lipinski definition) is 3. The van der Waals surface area contributed by atoms with Gasteiger partial charge >= 0.3 is 6.03 Å². The second-order valence-corrected chi connectivity index (χ2v) is 2.64. The average molecular weight is 199 g/mol. The van der Waals surface area contributed by atoms with Gasteiger partial charge in [0.1, 0.15) is 11.6 Å². The predicted octanol–water partition coefficient (Wildman–Crippen LogP) is 0.204. The van der Waals surface area contributed by atoms with Crippen LogP contribution in [0.3, 0.4) is 0 Å². The lowest BCUT2D eigenvalue weighted by Gasteiger charge is -2.04. The summed E-state index contributed by atoms with van der Waals surface area (Å²) in [5.41, 5.74) is 2.31. The van der Waals surface area contributed by atoms with Crippen molar-refractivity contribution >= 4 is 6.03 Å². The fraction of sp³-hybridized carbons (Fsp3) is 0.125. The van der Waals surface area contributed by atoms with Crippen LogP contribution in [0.25, 0.3) is 0 Å². The summed E-state index contributed by atoms with van der Waals surface area (Å²) in [6, 6.07) is 2.96. The van der Waals surface area contributed by atoms with E-state index < -0.39 is 11.8 Å². The fourth-order valence-corrected chi connectivity index (χ4v) is 0.969. The lowest BCUT2D eigenvalue weighted by Crippen LogP contribution is -2.39. The van der Waals surface area contributed by atoms with Crippen LogP contribution in [0, 0.1) is 5.82 Å². The van der Waals surface area contributed by atoms with E-state index >= 15 is 0 Å². The molecule has 0 aliphatic carbocycles. The second kappa shape index (κ2) is 4.43. The molecule has 0 saturated heterocycles. The largest absolute Gasteiger partial charge is 0.508 e. The van der Waals surface area contributed by atoms with Crippen LogP contribution in [0.2, 0.25) is 0 Å². The number of hydrogen-bond donors (Lipinski definition) is 4. The summed E-state index contributed by atoms with van der Waals surface area (Å²) in [7, 11) is 0. The highest BCUT2D eigenvalue weighted by Crippen LogP contribution is 2.14. The molecule has 0 saturated carbocycles. The first-order valence-corrected chi connectivity index (χ1v) is 3.84. The summed E-state index contributed by atoms with van der Waals surface area (Å²) in [6.45, 7) is 0.0916. The SMILES string of the molecule is NNC(=O)NCc1cc(O)cc(F)c1. The Hall–Kier alpha value is -1.82. The van der Waals surface area contributed by atoms with Gasteiger partial charge in [-0.1, -0.05) is 0 Å². The zero-order chi connectivity index (χ0) is 10.6. The maximum atomic E-state index is 12.7. The number of aromatic hydroxyl groups is 1. The molecule has 0 spiro atoms. The molecule has 0 unspecified atom stereocenters. The molecule has 0 radical (unpaired) electrons. The normalized spacial score (nSPS) is 9.57. The second-order valence-electron chi connectivity index (χ2n) is 2.64. The molecule has 76 valence electrons. The third-order valence-corrected chi connectivity index (χ3v) is 1.53. The molecule has 5 N–H and O–H groups in total. The standard InChI is InChI=1S/C8H10FN3O2/c9-6-1-5(2-7(13)3-6)4-11-8(14)12-10/h1-3,13H,4,10H2,(H2,11,12,14).